The topological polar surface area (TPSA) is 58.4 Å². The quantitative estimate of drug-likeness (QED) is 0.635. The molecule has 0 heterocycles. The van der Waals surface area contributed by atoms with Gasteiger partial charge in [-0.3, -0.25) is 10.1 Å². The van der Waals surface area contributed by atoms with Gasteiger partial charge in [-0.15, -0.1) is 0 Å². The van der Waals surface area contributed by atoms with Gasteiger partial charge < -0.3 is 10.2 Å². The van der Waals surface area contributed by atoms with E-state index in [-0.39, 0.29) is 5.69 Å². The van der Waals surface area contributed by atoms with Crippen LogP contribution in [-0.2, 0) is 0 Å². The first-order valence-corrected chi connectivity index (χ1v) is 6.33. The molecule has 0 amide bonds. The van der Waals surface area contributed by atoms with Crippen molar-refractivity contribution in [3.63, 3.8) is 0 Å². The molecule has 19 heavy (non-hydrogen) atoms. The Morgan fingerprint density at radius 2 is 2.21 bits per heavy atom. The van der Waals surface area contributed by atoms with Crippen LogP contribution < -0.4 is 5.32 Å². The molecular formula is C13H18FN3O2. The third kappa shape index (κ3) is 3.41. The number of halogens is 1. The van der Waals surface area contributed by atoms with Gasteiger partial charge >= 0.3 is 0 Å². The Kier molecular flexibility index (Phi) is 3.99. The third-order valence-corrected chi connectivity index (χ3v) is 3.49. The maximum atomic E-state index is 13.7. The summed E-state index contributed by atoms with van der Waals surface area (Å²) in [5.74, 6) is 0.0890. The van der Waals surface area contributed by atoms with E-state index in [4.69, 9.17) is 0 Å². The third-order valence-electron chi connectivity index (χ3n) is 3.49. The Morgan fingerprint density at radius 3 is 2.68 bits per heavy atom. The number of nitro groups is 1. The number of nitro benzene ring substituents is 1. The Morgan fingerprint density at radius 1 is 1.53 bits per heavy atom. The molecular weight excluding hydrogens is 249 g/mol. The number of benzene rings is 1. The van der Waals surface area contributed by atoms with Crippen LogP contribution in [0.25, 0.3) is 0 Å². The fourth-order valence-electron chi connectivity index (χ4n) is 2.23. The first-order valence-electron chi connectivity index (χ1n) is 6.33. The van der Waals surface area contributed by atoms with E-state index >= 15 is 0 Å². The number of rotatable bonds is 6. The lowest BCUT2D eigenvalue weighted by Crippen LogP contribution is -2.36. The number of non-ortho nitro benzene ring substituents is 1. The SMILES string of the molecule is CN(C)C(CNc1ccc([N+](=O)[O-])cc1F)C1CC1. The predicted octanol–water partition coefficient (Wildman–Crippen LogP) is 2.49. The van der Waals surface area contributed by atoms with Crippen LogP contribution >= 0.6 is 0 Å². The highest BCUT2D eigenvalue weighted by molar-refractivity contribution is 5.50. The molecule has 1 N–H and O–H groups in total. The fraction of sp³-hybridized carbons (Fsp3) is 0.538. The number of likely N-dealkylation sites (N-methyl/N-ethyl adjacent to an activating group) is 1. The van der Waals surface area contributed by atoms with Gasteiger partial charge in [-0.2, -0.15) is 0 Å². The highest BCUT2D eigenvalue weighted by Gasteiger charge is 2.32. The summed E-state index contributed by atoms with van der Waals surface area (Å²) >= 11 is 0. The monoisotopic (exact) mass is 267 g/mol. The molecule has 1 aliphatic rings. The fourth-order valence-corrected chi connectivity index (χ4v) is 2.23. The summed E-state index contributed by atoms with van der Waals surface area (Å²) in [6, 6.07) is 4.05. The standard InChI is InChI=1S/C13H18FN3O2/c1-16(2)13(9-3-4-9)8-15-12-6-5-10(17(18)19)7-11(12)14/h5-7,9,13,15H,3-4,8H2,1-2H3. The van der Waals surface area contributed by atoms with Crippen molar-refractivity contribution in [1.29, 1.82) is 0 Å². The van der Waals surface area contributed by atoms with Crippen LogP contribution in [0.3, 0.4) is 0 Å². The van der Waals surface area contributed by atoms with Gasteiger partial charge in [0, 0.05) is 18.7 Å². The predicted molar refractivity (Wildman–Crippen MR) is 71.7 cm³/mol. The van der Waals surface area contributed by atoms with Crippen molar-refractivity contribution in [2.45, 2.75) is 18.9 Å². The van der Waals surface area contributed by atoms with Gasteiger partial charge in [0.25, 0.3) is 5.69 Å². The lowest BCUT2D eigenvalue weighted by molar-refractivity contribution is -0.385. The zero-order chi connectivity index (χ0) is 14.0. The second kappa shape index (κ2) is 5.52. The van der Waals surface area contributed by atoms with Crippen molar-refractivity contribution < 1.29 is 9.31 Å². The van der Waals surface area contributed by atoms with Crippen molar-refractivity contribution in [1.82, 2.24) is 4.90 Å². The maximum absolute atomic E-state index is 13.7. The normalized spacial score (nSPS) is 16.4. The molecule has 0 bridgehead atoms. The van der Waals surface area contributed by atoms with Crippen LogP contribution in [0, 0.1) is 21.8 Å². The summed E-state index contributed by atoms with van der Waals surface area (Å²) in [5.41, 5.74) is 0.0903. The molecule has 0 spiro atoms. The smallest absolute Gasteiger partial charge is 0.272 e. The Balaban J connectivity index is 2.00. The second-order valence-electron chi connectivity index (χ2n) is 5.17. The number of hydrogen-bond acceptors (Lipinski definition) is 4. The molecule has 6 heteroatoms. The van der Waals surface area contributed by atoms with E-state index < -0.39 is 10.7 Å². The van der Waals surface area contributed by atoms with Crippen LogP contribution in [0.4, 0.5) is 15.8 Å². The number of anilines is 1. The summed E-state index contributed by atoms with van der Waals surface area (Å²) in [6.07, 6.45) is 2.43. The Labute approximate surface area is 111 Å². The zero-order valence-electron chi connectivity index (χ0n) is 11.1. The van der Waals surface area contributed by atoms with Crippen LogP contribution in [0.5, 0.6) is 0 Å². The Bertz CT molecular complexity index is 473. The van der Waals surface area contributed by atoms with Gasteiger partial charge in [0.15, 0.2) is 5.82 Å². The van der Waals surface area contributed by atoms with E-state index in [0.29, 0.717) is 24.2 Å². The van der Waals surface area contributed by atoms with Crippen molar-refractivity contribution in [2.75, 3.05) is 26.0 Å². The molecule has 1 aromatic carbocycles. The van der Waals surface area contributed by atoms with Crippen molar-refractivity contribution >= 4 is 11.4 Å². The van der Waals surface area contributed by atoms with Crippen LogP contribution in [0.2, 0.25) is 0 Å². The number of nitrogens with zero attached hydrogens (tertiary/aromatic N) is 2. The molecule has 1 saturated carbocycles. The molecule has 0 saturated heterocycles. The summed E-state index contributed by atoms with van der Waals surface area (Å²) < 4.78 is 13.7. The van der Waals surface area contributed by atoms with Gasteiger partial charge in [0.1, 0.15) is 0 Å². The minimum Gasteiger partial charge on any atom is -0.381 e. The van der Waals surface area contributed by atoms with E-state index in [1.165, 1.54) is 25.0 Å². The maximum Gasteiger partial charge on any atom is 0.272 e. The number of nitrogens with one attached hydrogen (secondary N) is 1. The van der Waals surface area contributed by atoms with E-state index in [1.807, 2.05) is 14.1 Å². The van der Waals surface area contributed by atoms with Gasteiger partial charge in [0.2, 0.25) is 0 Å². The van der Waals surface area contributed by atoms with Crippen LogP contribution in [0.15, 0.2) is 18.2 Å². The summed E-state index contributed by atoms with van der Waals surface area (Å²) in [5, 5.41) is 13.6. The molecule has 1 aromatic rings. The highest BCUT2D eigenvalue weighted by Crippen LogP contribution is 2.34. The summed E-state index contributed by atoms with van der Waals surface area (Å²) in [4.78, 5) is 12.1. The van der Waals surface area contributed by atoms with Crippen molar-refractivity contribution in [3.05, 3.63) is 34.1 Å². The summed E-state index contributed by atoms with van der Waals surface area (Å²) in [7, 11) is 4.02. The Hall–Kier alpha value is -1.69. The second-order valence-corrected chi connectivity index (χ2v) is 5.17. The first kappa shape index (κ1) is 13.7. The molecule has 0 radical (unpaired) electrons. The van der Waals surface area contributed by atoms with Gasteiger partial charge in [-0.25, -0.2) is 4.39 Å². The molecule has 1 fully saturated rings. The molecule has 5 nitrogen and oxygen atoms in total. The van der Waals surface area contributed by atoms with Crippen LogP contribution in [0.1, 0.15) is 12.8 Å². The lowest BCUT2D eigenvalue weighted by atomic mass is 10.1. The largest absolute Gasteiger partial charge is 0.381 e. The minimum absolute atomic E-state index is 0.227. The average Bonchev–Trinajstić information content (AvgIpc) is 3.15. The highest BCUT2D eigenvalue weighted by atomic mass is 19.1. The molecule has 1 unspecified atom stereocenters. The van der Waals surface area contributed by atoms with Gasteiger partial charge in [-0.05, 0) is 38.9 Å². The number of hydrogen-bond donors (Lipinski definition) is 1. The van der Waals surface area contributed by atoms with E-state index in [0.717, 1.165) is 6.07 Å². The van der Waals surface area contributed by atoms with Crippen LogP contribution in [-0.4, -0.2) is 36.5 Å². The molecule has 2 rings (SSSR count). The average molecular weight is 267 g/mol. The van der Waals surface area contributed by atoms with Gasteiger partial charge in [0.05, 0.1) is 16.7 Å². The van der Waals surface area contributed by atoms with E-state index in [1.54, 1.807) is 0 Å². The first-order chi connectivity index (χ1) is 8.99. The molecule has 0 aliphatic heterocycles. The van der Waals surface area contributed by atoms with Crippen molar-refractivity contribution in [2.24, 2.45) is 5.92 Å². The molecule has 1 atom stereocenters. The molecule has 0 aromatic heterocycles. The van der Waals surface area contributed by atoms with Crippen molar-refractivity contribution in [3.8, 4) is 0 Å². The van der Waals surface area contributed by atoms with Gasteiger partial charge in [-0.1, -0.05) is 0 Å². The lowest BCUT2D eigenvalue weighted by Gasteiger charge is -2.25. The van der Waals surface area contributed by atoms with E-state index in [2.05, 4.69) is 10.2 Å². The molecule has 1 aliphatic carbocycles. The summed E-state index contributed by atoms with van der Waals surface area (Å²) in [6.45, 7) is 0.645. The minimum atomic E-state index is -0.598. The molecule has 104 valence electrons. The zero-order valence-corrected chi connectivity index (χ0v) is 11.1. The van der Waals surface area contributed by atoms with E-state index in [9.17, 15) is 14.5 Å².